The van der Waals surface area contributed by atoms with E-state index in [1.807, 2.05) is 78.3 Å². The largest absolute Gasteiger partial charge is 0.497 e. The number of aromatic nitrogens is 4. The fourth-order valence-corrected chi connectivity index (χ4v) is 9.60. The van der Waals surface area contributed by atoms with E-state index < -0.39 is 26.2 Å². The topological polar surface area (TPSA) is 129 Å². The molecule has 12 nitrogen and oxygen atoms in total. The average Bonchev–Trinajstić information content (AvgIpc) is 3.81. The summed E-state index contributed by atoms with van der Waals surface area (Å²) in [7, 11) is 3.97. The maximum atomic E-state index is 9.66. The van der Waals surface area contributed by atoms with Gasteiger partial charge in [-0.3, -0.25) is 9.24 Å². The van der Waals surface area contributed by atoms with Gasteiger partial charge in [0.1, 0.15) is 49.6 Å². The van der Waals surface area contributed by atoms with Gasteiger partial charge in [-0.1, -0.05) is 54.6 Å². The van der Waals surface area contributed by atoms with Crippen LogP contribution < -0.4 is 14.8 Å². The predicted octanol–water partition coefficient (Wildman–Crippen LogP) is 7.91. The van der Waals surface area contributed by atoms with Crippen molar-refractivity contribution in [2.75, 3.05) is 39.4 Å². The molecule has 0 saturated carbocycles. The first kappa shape index (κ1) is 39.1. The Kier molecular flexibility index (Phi) is 12.8. The Hall–Kier alpha value is -4.63. The van der Waals surface area contributed by atoms with E-state index in [1.54, 1.807) is 20.5 Å². The van der Waals surface area contributed by atoms with Gasteiger partial charge < -0.3 is 28.8 Å². The number of fused-ring (bicyclic) bond motifs is 1. The summed E-state index contributed by atoms with van der Waals surface area (Å²) >= 11 is 0. The van der Waals surface area contributed by atoms with E-state index in [1.165, 1.54) is 6.33 Å². The van der Waals surface area contributed by atoms with E-state index in [0.29, 0.717) is 36.0 Å². The molecule has 0 aliphatic carbocycles. The second kappa shape index (κ2) is 17.7. The monoisotopic (exact) mass is 751 g/mol. The lowest BCUT2D eigenvalue weighted by Crippen LogP contribution is -2.39. The minimum atomic E-state index is -1.16. The van der Waals surface area contributed by atoms with Gasteiger partial charge in [0.25, 0.3) is 0 Å². The summed E-state index contributed by atoms with van der Waals surface area (Å²) in [6.45, 7) is 8.88. The molecule has 1 saturated heterocycles. The number of anilines is 1. The van der Waals surface area contributed by atoms with Gasteiger partial charge in [0.05, 0.1) is 39.3 Å². The second-order valence-corrected chi connectivity index (χ2v) is 15.5. The fourth-order valence-electron chi connectivity index (χ4n) is 7.30. The lowest BCUT2D eigenvalue weighted by molar-refractivity contribution is -0.0900. The highest BCUT2D eigenvalue weighted by molar-refractivity contribution is 7.50. The van der Waals surface area contributed by atoms with Gasteiger partial charge in [-0.25, -0.2) is 15.0 Å². The van der Waals surface area contributed by atoms with Crippen molar-refractivity contribution in [3.05, 3.63) is 108 Å². The Morgan fingerprint density at radius 2 is 1.52 bits per heavy atom. The quantitative estimate of drug-likeness (QED) is 0.0735. The van der Waals surface area contributed by atoms with Crippen molar-refractivity contribution in [1.29, 1.82) is 5.26 Å². The van der Waals surface area contributed by atoms with Crippen molar-refractivity contribution in [3.63, 3.8) is 0 Å². The van der Waals surface area contributed by atoms with Gasteiger partial charge in [-0.2, -0.15) is 5.26 Å². The average molecular weight is 752 g/mol. The van der Waals surface area contributed by atoms with Crippen LogP contribution in [0, 0.1) is 11.3 Å². The van der Waals surface area contributed by atoms with Crippen LogP contribution in [0.25, 0.3) is 11.2 Å². The Bertz CT molecular complexity index is 1930. The maximum Gasteiger partial charge on any atom is 0.167 e. The molecule has 1 unspecified atom stereocenters. The summed E-state index contributed by atoms with van der Waals surface area (Å²) in [5, 5.41) is 12.8. The second-order valence-electron chi connectivity index (χ2n) is 13.7. The van der Waals surface area contributed by atoms with Crippen LogP contribution in [0.2, 0.25) is 0 Å². The van der Waals surface area contributed by atoms with Crippen LogP contribution in [0.5, 0.6) is 11.5 Å². The number of methoxy groups -OCH3 is 2. The summed E-state index contributed by atoms with van der Waals surface area (Å²) in [6.07, 6.45) is 3.50. The number of nitriles is 1. The van der Waals surface area contributed by atoms with Crippen LogP contribution >= 0.6 is 8.30 Å². The third-order valence-electron chi connectivity index (χ3n) is 9.71. The number of nitrogens with zero attached hydrogens (tertiary/aromatic N) is 6. The standard InChI is InChI=1S/C41H50N7O5P/c1-28(2)48(29(3)4)54(23-11-22-42)53-35-24-37(47-27-46-38-39(43-5)44-26-45-40(38)47)52-36(35)25-51-41(30-12-9-8-10-13-30,31-14-18-33(49-6)19-15-31)32-16-20-34(50-7)21-17-32/h8-10,12-21,26-29,35-37H,11,23-25H2,1-7H3,(H,43,44,45)/t35-,36+,37+,54?/m0/s1. The van der Waals surface area contributed by atoms with Crippen LogP contribution in [-0.2, 0) is 19.6 Å². The summed E-state index contributed by atoms with van der Waals surface area (Å²) in [4.78, 5) is 13.6. The van der Waals surface area contributed by atoms with Crippen molar-refractivity contribution < 1.29 is 23.5 Å². The normalized spacial score (nSPS) is 18.0. The van der Waals surface area contributed by atoms with E-state index in [0.717, 1.165) is 28.2 Å². The predicted molar refractivity (Wildman–Crippen MR) is 211 cm³/mol. The van der Waals surface area contributed by atoms with Gasteiger partial charge in [0, 0.05) is 38.1 Å². The smallest absolute Gasteiger partial charge is 0.167 e. The van der Waals surface area contributed by atoms with E-state index in [4.69, 9.17) is 23.5 Å². The van der Waals surface area contributed by atoms with Crippen molar-refractivity contribution in [2.24, 2.45) is 0 Å². The van der Waals surface area contributed by atoms with Crippen molar-refractivity contribution >= 4 is 25.3 Å². The molecule has 1 N–H and O–H groups in total. The van der Waals surface area contributed by atoms with Gasteiger partial charge in [0.2, 0.25) is 0 Å². The van der Waals surface area contributed by atoms with Crippen LogP contribution in [0.4, 0.5) is 5.82 Å². The van der Waals surface area contributed by atoms with Gasteiger partial charge >= 0.3 is 0 Å². The van der Waals surface area contributed by atoms with Crippen LogP contribution in [0.3, 0.4) is 0 Å². The molecule has 284 valence electrons. The molecule has 2 aromatic heterocycles. The number of benzene rings is 3. The summed E-state index contributed by atoms with van der Waals surface area (Å²) < 4.78 is 36.9. The van der Waals surface area contributed by atoms with Crippen molar-refractivity contribution in [1.82, 2.24) is 24.2 Å². The Morgan fingerprint density at radius 3 is 2.07 bits per heavy atom. The highest BCUT2D eigenvalue weighted by atomic mass is 31.2. The molecule has 6 rings (SSSR count). The number of imidazole rings is 1. The molecule has 0 radical (unpaired) electrons. The Balaban J connectivity index is 1.43. The highest BCUT2D eigenvalue weighted by Gasteiger charge is 2.44. The maximum absolute atomic E-state index is 9.66. The summed E-state index contributed by atoms with van der Waals surface area (Å²) in [5.74, 6) is 2.13. The molecule has 0 bridgehead atoms. The molecule has 0 amide bonds. The SMILES string of the molecule is CNc1ncnc2c1ncn2[C@H]1C[C@H](OP(CCC#N)N(C(C)C)C(C)C)[C@@H](COC(c2ccccc2)(c2ccc(OC)cc2)c2ccc(OC)cc2)O1. The first-order chi connectivity index (χ1) is 26.2. The van der Waals surface area contributed by atoms with E-state index in [2.05, 4.69) is 70.8 Å². The minimum absolute atomic E-state index is 0.183. The number of nitrogens with one attached hydrogen (secondary N) is 1. The Labute approximate surface area is 319 Å². The molecule has 5 aromatic rings. The zero-order valence-corrected chi connectivity index (χ0v) is 32.9. The number of hydrogen-bond donors (Lipinski definition) is 1. The molecular formula is C41H50N7O5P. The molecular weight excluding hydrogens is 701 g/mol. The zero-order valence-electron chi connectivity index (χ0n) is 32.0. The molecule has 3 aromatic carbocycles. The van der Waals surface area contributed by atoms with E-state index >= 15 is 0 Å². The van der Waals surface area contributed by atoms with E-state index in [9.17, 15) is 5.26 Å². The van der Waals surface area contributed by atoms with Gasteiger partial charge in [-0.15, -0.1) is 0 Å². The number of rotatable bonds is 17. The fraction of sp³-hybridized carbons (Fsp3) is 0.415. The molecule has 4 atom stereocenters. The summed E-state index contributed by atoms with van der Waals surface area (Å²) in [5.41, 5.74) is 3.07. The Morgan fingerprint density at radius 1 is 0.907 bits per heavy atom. The molecule has 1 fully saturated rings. The van der Waals surface area contributed by atoms with Crippen LogP contribution in [-0.4, -0.2) is 82.5 Å². The molecule has 0 spiro atoms. The number of ether oxygens (including phenoxy) is 4. The van der Waals surface area contributed by atoms with Crippen molar-refractivity contribution in [3.8, 4) is 17.6 Å². The van der Waals surface area contributed by atoms with Gasteiger partial charge in [-0.05, 0) is 68.7 Å². The third kappa shape index (κ3) is 8.07. The van der Waals surface area contributed by atoms with Crippen LogP contribution in [0.1, 0.15) is 63.5 Å². The molecule has 1 aliphatic heterocycles. The lowest BCUT2D eigenvalue weighted by atomic mass is 9.80. The first-order valence-electron chi connectivity index (χ1n) is 18.3. The molecule has 3 heterocycles. The summed E-state index contributed by atoms with van der Waals surface area (Å²) in [6, 6.07) is 29.0. The number of hydrogen-bond acceptors (Lipinski definition) is 11. The molecule has 54 heavy (non-hydrogen) atoms. The van der Waals surface area contributed by atoms with Crippen molar-refractivity contribution in [2.45, 2.75) is 76.7 Å². The highest BCUT2D eigenvalue weighted by Crippen LogP contribution is 2.50. The lowest BCUT2D eigenvalue weighted by Gasteiger charge is -2.40. The van der Waals surface area contributed by atoms with E-state index in [-0.39, 0.29) is 24.8 Å². The third-order valence-corrected chi connectivity index (χ3v) is 12.3. The molecule has 1 aliphatic rings. The van der Waals surface area contributed by atoms with Crippen LogP contribution in [0.15, 0.2) is 91.5 Å². The molecule has 13 heteroatoms. The first-order valence-corrected chi connectivity index (χ1v) is 19.7. The minimum Gasteiger partial charge on any atom is -0.497 e. The zero-order chi connectivity index (χ0) is 38.2. The van der Waals surface area contributed by atoms with Gasteiger partial charge in [0.15, 0.2) is 11.5 Å².